The van der Waals surface area contributed by atoms with Crippen molar-refractivity contribution in [2.45, 2.75) is 0 Å². The van der Waals surface area contributed by atoms with Gasteiger partial charge in [-0.3, -0.25) is 0 Å². The molecule has 0 unspecified atom stereocenters. The normalized spacial score (nSPS) is 4.89. The van der Waals surface area contributed by atoms with Gasteiger partial charge in [0.2, 0.25) is 0 Å². The third kappa shape index (κ3) is 52.4. The molecular weight excluding hydrogens is 350 g/mol. The zero-order valence-electron chi connectivity index (χ0n) is 9.17. The molecule has 0 aliphatic heterocycles. The second-order valence-corrected chi connectivity index (χ2v) is 1.15. The molecule has 0 aromatic rings. The topological polar surface area (TPSA) is 252 Å². The van der Waals surface area contributed by atoms with E-state index in [2.05, 4.69) is 0 Å². The number of hydrogen-bond donors (Lipinski definition) is 0. The third-order valence-corrected chi connectivity index (χ3v) is 0.333. The maximum Gasteiger partial charge on any atom is 4.00 e. The van der Waals surface area contributed by atoms with Gasteiger partial charge in [0.1, 0.15) is 0 Å². The first-order chi connectivity index (χ1) is 5.29. The molecule has 92 valence electrons. The van der Waals surface area contributed by atoms with E-state index in [-0.39, 0.29) is 141 Å². The fraction of sp³-hybridized carbons (Fsp3) is 0. The molecule has 14 heteroatoms. The molecule has 11 nitrogen and oxygen atoms in total. The molecule has 0 aliphatic rings. The van der Waals surface area contributed by atoms with Gasteiger partial charge in [-0.2, -0.15) is 0 Å². The largest absolute Gasteiger partial charge is 4.00 e. The first-order valence-corrected chi connectivity index (χ1v) is 2.13. The number of carboxylic acid groups (broad SMARTS) is 4. The molecule has 0 spiro atoms. The minimum atomic E-state index is -2.19. The monoisotopic (exact) mass is 354 g/mol. The number of hydrogen-bond acceptors (Lipinski definition) is 8. The molecule has 0 saturated heterocycles. The fourth-order valence-electron chi connectivity index (χ4n) is 0. The summed E-state index contributed by atoms with van der Waals surface area (Å²) in [7, 11) is 0. The Hall–Kier alpha value is 1.75. The summed E-state index contributed by atoms with van der Waals surface area (Å²) in [4.78, 5) is 35.7. The van der Waals surface area contributed by atoms with Gasteiger partial charge in [0.15, 0.2) is 0 Å². The van der Waals surface area contributed by atoms with Crippen molar-refractivity contribution in [2.75, 3.05) is 0 Å². The third-order valence-electron chi connectivity index (χ3n) is 0.333. The van der Waals surface area contributed by atoms with Gasteiger partial charge in [0, 0.05) is 0 Å². The zero-order chi connectivity index (χ0) is 10.3. The summed E-state index contributed by atoms with van der Waals surface area (Å²) in [5, 5.41) is 35.7. The van der Waals surface area contributed by atoms with Crippen LogP contribution in [0.3, 0.4) is 0 Å². The van der Waals surface area contributed by atoms with E-state index in [1.807, 2.05) is 0 Å². The molecule has 0 rings (SSSR count). The second-order valence-electron chi connectivity index (χ2n) is 1.15. The van der Waals surface area contributed by atoms with E-state index in [0.717, 1.165) is 0 Å². The Morgan fingerprint density at radius 1 is 0.556 bits per heavy atom. The molecule has 0 saturated carbocycles. The second kappa shape index (κ2) is 31.2. The summed E-state index contributed by atoms with van der Waals surface area (Å²) >= 11 is 0. The van der Waals surface area contributed by atoms with Gasteiger partial charge >= 0.3 is 124 Å². The van der Waals surface area contributed by atoms with Gasteiger partial charge in [-0.1, -0.05) is 0 Å². The summed E-state index contributed by atoms with van der Waals surface area (Å²) in [5.74, 6) is -8.74. The van der Waals surface area contributed by atoms with Gasteiger partial charge in [-0.05, 0) is 0 Å². The summed E-state index contributed by atoms with van der Waals surface area (Å²) < 4.78 is 0. The van der Waals surface area contributed by atoms with Crippen LogP contribution in [0.25, 0.3) is 0 Å². The number of rotatable bonds is 0. The maximum atomic E-state index is 8.93. The van der Waals surface area contributed by atoms with Crippen LogP contribution in [-0.4, -0.2) is 34.8 Å². The van der Waals surface area contributed by atoms with Crippen molar-refractivity contribution in [2.24, 2.45) is 0 Å². The maximum absolute atomic E-state index is 8.93. The van der Waals surface area contributed by atoms with Crippen LogP contribution in [0.5, 0.6) is 0 Å². The number of carbonyl (C=O) groups is 4. The molecule has 18 heavy (non-hydrogen) atoms. The molecule has 0 aromatic carbocycles. The fourth-order valence-corrected chi connectivity index (χ4v) is 0. The smallest absolute Gasteiger partial charge is 2.00 e. The molecule has 0 heterocycles. The van der Waals surface area contributed by atoms with Gasteiger partial charge in [0.05, 0.1) is 23.9 Å². The molecule has 0 aromatic heterocycles. The van der Waals surface area contributed by atoms with Crippen LogP contribution < -0.4 is 123 Å². The SMILES string of the molecule is O.O.O=C([O-])C(=O)[O-].O=C([O-])C(=O)[O-].[K+].[K+].[O-2].[Ti+4]. The predicted octanol–water partition coefficient (Wildman–Crippen LogP) is -14.8. The first-order valence-electron chi connectivity index (χ1n) is 2.13. The van der Waals surface area contributed by atoms with E-state index >= 15 is 0 Å². The minimum Gasteiger partial charge on any atom is -2.00 e. The van der Waals surface area contributed by atoms with Crippen molar-refractivity contribution in [1.29, 1.82) is 0 Å². The van der Waals surface area contributed by atoms with Crippen molar-refractivity contribution in [1.82, 2.24) is 0 Å². The van der Waals surface area contributed by atoms with Crippen LogP contribution >= 0.6 is 0 Å². The minimum absolute atomic E-state index is 0. The van der Waals surface area contributed by atoms with Crippen molar-refractivity contribution >= 4 is 23.9 Å². The molecule has 0 amide bonds. The van der Waals surface area contributed by atoms with E-state index in [9.17, 15) is 0 Å². The van der Waals surface area contributed by atoms with Crippen LogP contribution in [0.4, 0.5) is 0 Å². The number of carboxylic acids is 4. The molecule has 0 bridgehead atoms. The Morgan fingerprint density at radius 3 is 0.611 bits per heavy atom. The Balaban J connectivity index is -0.0000000139. The first kappa shape index (κ1) is 50.3. The molecule has 0 radical (unpaired) electrons. The van der Waals surface area contributed by atoms with Crippen LogP contribution in [0.15, 0.2) is 0 Å². The summed E-state index contributed by atoms with van der Waals surface area (Å²) in [6.07, 6.45) is 0. The van der Waals surface area contributed by atoms with E-state index in [0.29, 0.717) is 0 Å². The summed E-state index contributed by atoms with van der Waals surface area (Å²) in [5.41, 5.74) is 0. The average molecular weight is 354 g/mol. The van der Waals surface area contributed by atoms with E-state index in [4.69, 9.17) is 39.6 Å². The molecule has 0 atom stereocenters. The van der Waals surface area contributed by atoms with Gasteiger partial charge in [0.25, 0.3) is 0 Å². The Morgan fingerprint density at radius 2 is 0.611 bits per heavy atom. The molecule has 0 fully saturated rings. The van der Waals surface area contributed by atoms with Gasteiger partial charge in [-0.25, -0.2) is 0 Å². The van der Waals surface area contributed by atoms with Crippen molar-refractivity contribution in [3.63, 3.8) is 0 Å². The van der Waals surface area contributed by atoms with E-state index in [1.54, 1.807) is 0 Å². The Bertz CT molecular complexity index is 183. The predicted molar refractivity (Wildman–Crippen MR) is 27.9 cm³/mol. The van der Waals surface area contributed by atoms with Crippen molar-refractivity contribution < 1.29 is 181 Å². The zero-order valence-corrected chi connectivity index (χ0v) is 17.0. The van der Waals surface area contributed by atoms with Crippen LogP contribution in [0.1, 0.15) is 0 Å². The number of aliphatic carboxylic acids is 4. The summed E-state index contributed by atoms with van der Waals surface area (Å²) in [6.45, 7) is 0. The quantitative estimate of drug-likeness (QED) is 0.297. The van der Waals surface area contributed by atoms with Crippen LogP contribution in [0.2, 0.25) is 0 Å². The number of carbonyl (C=O) groups excluding carboxylic acids is 4. The van der Waals surface area contributed by atoms with E-state index in [1.165, 1.54) is 0 Å². The van der Waals surface area contributed by atoms with Gasteiger partial charge in [-0.15, -0.1) is 0 Å². The molecule has 0 aliphatic carbocycles. The molecule has 4 N–H and O–H groups in total. The Labute approximate surface area is 200 Å². The van der Waals surface area contributed by atoms with Crippen LogP contribution in [0, 0.1) is 0 Å². The van der Waals surface area contributed by atoms with E-state index < -0.39 is 23.9 Å². The average Bonchev–Trinajstić information content (AvgIpc) is 1.88. The summed E-state index contributed by atoms with van der Waals surface area (Å²) in [6, 6.07) is 0. The standard InChI is InChI=1S/2C2H2O4.2K.2H2O.O.Ti/c2*3-1(4)2(5)6;;;;;;/h2*(H,3,4)(H,5,6);;;2*1H2;;/q;;2*+1;;;-2;+4/p-4. The van der Waals surface area contributed by atoms with Crippen molar-refractivity contribution in [3.8, 4) is 0 Å². The van der Waals surface area contributed by atoms with Crippen molar-refractivity contribution in [3.05, 3.63) is 0 Å². The van der Waals surface area contributed by atoms with Gasteiger partial charge < -0.3 is 56.0 Å². The Kier molecular flexibility index (Phi) is 87.3. The van der Waals surface area contributed by atoms with Crippen LogP contribution in [-0.2, 0) is 46.4 Å². The molecular formula is C4H4K2O11Ti.